The second kappa shape index (κ2) is 6.49. The molecule has 0 aliphatic heterocycles. The fourth-order valence-electron chi connectivity index (χ4n) is 3.07. The summed E-state index contributed by atoms with van der Waals surface area (Å²) in [5.41, 5.74) is 5.99. The molecular weight excluding hydrogens is 344 g/mol. The van der Waals surface area contributed by atoms with Gasteiger partial charge in [-0.25, -0.2) is 0 Å². The second-order valence-electron chi connectivity index (χ2n) is 6.14. The molecule has 1 heterocycles. The van der Waals surface area contributed by atoms with Gasteiger partial charge in [0, 0.05) is 16.3 Å². The first-order valence-corrected chi connectivity index (χ1v) is 8.36. The van der Waals surface area contributed by atoms with Gasteiger partial charge in [0.05, 0.1) is 5.56 Å². The number of hydrogen-bond acceptors (Lipinski definition) is 4. The number of carbonyl (C=O) groups excluding carboxylic acids is 2. The van der Waals surface area contributed by atoms with Crippen molar-refractivity contribution in [1.29, 1.82) is 0 Å². The van der Waals surface area contributed by atoms with Crippen LogP contribution in [0.1, 0.15) is 26.5 Å². The van der Waals surface area contributed by atoms with E-state index in [4.69, 9.17) is 4.42 Å². The predicted octanol–water partition coefficient (Wildman–Crippen LogP) is 3.67. The average Bonchev–Trinajstić information content (AvgIpc) is 3.03. The third kappa shape index (κ3) is 2.87. The zero-order valence-corrected chi connectivity index (χ0v) is 14.4. The predicted molar refractivity (Wildman–Crippen MR) is 101 cm³/mol. The van der Waals surface area contributed by atoms with Crippen molar-refractivity contribution in [3.05, 3.63) is 77.6 Å². The number of phenolic OH excluding ortho intramolecular Hbond substituents is 1. The lowest BCUT2D eigenvalue weighted by Crippen LogP contribution is -2.41. The SMILES string of the molecule is Cc1c(C(=O)NNC(=O)c2ccccc2O)oc2c1ccc1ccccc12. The summed E-state index contributed by atoms with van der Waals surface area (Å²) < 4.78 is 5.82. The zero-order chi connectivity index (χ0) is 19.0. The number of fused-ring (bicyclic) bond motifs is 3. The number of nitrogens with one attached hydrogen (secondary N) is 2. The van der Waals surface area contributed by atoms with Crippen molar-refractivity contribution >= 4 is 33.6 Å². The molecule has 0 fully saturated rings. The van der Waals surface area contributed by atoms with E-state index in [1.54, 1.807) is 19.1 Å². The van der Waals surface area contributed by atoms with E-state index in [1.165, 1.54) is 12.1 Å². The van der Waals surface area contributed by atoms with Crippen LogP contribution in [0.4, 0.5) is 0 Å². The molecule has 0 aliphatic rings. The summed E-state index contributed by atoms with van der Waals surface area (Å²) in [7, 11) is 0. The number of aryl methyl sites for hydroxylation is 1. The van der Waals surface area contributed by atoms with E-state index in [0.29, 0.717) is 11.1 Å². The molecule has 0 spiro atoms. The van der Waals surface area contributed by atoms with Crippen LogP contribution in [0, 0.1) is 6.92 Å². The molecule has 4 aromatic rings. The highest BCUT2D eigenvalue weighted by atomic mass is 16.3. The molecule has 0 bridgehead atoms. The van der Waals surface area contributed by atoms with Gasteiger partial charge in [0.2, 0.25) is 0 Å². The summed E-state index contributed by atoms with van der Waals surface area (Å²) in [5.74, 6) is -1.24. The van der Waals surface area contributed by atoms with Crippen LogP contribution in [0.15, 0.2) is 65.1 Å². The van der Waals surface area contributed by atoms with Gasteiger partial charge in [-0.15, -0.1) is 0 Å². The molecule has 0 aliphatic carbocycles. The first-order valence-electron chi connectivity index (χ1n) is 8.36. The fraction of sp³-hybridized carbons (Fsp3) is 0.0476. The van der Waals surface area contributed by atoms with Crippen LogP contribution in [0.25, 0.3) is 21.7 Å². The first-order chi connectivity index (χ1) is 13.1. The minimum Gasteiger partial charge on any atom is -0.507 e. The average molecular weight is 360 g/mol. The normalized spacial score (nSPS) is 10.9. The van der Waals surface area contributed by atoms with Crippen LogP contribution in [0.3, 0.4) is 0 Å². The number of hydrazine groups is 1. The summed E-state index contributed by atoms with van der Waals surface area (Å²) in [5, 5.41) is 12.5. The van der Waals surface area contributed by atoms with Gasteiger partial charge in [-0.1, -0.05) is 48.5 Å². The number of rotatable bonds is 2. The van der Waals surface area contributed by atoms with Gasteiger partial charge in [-0.05, 0) is 24.4 Å². The Balaban J connectivity index is 1.61. The molecule has 1 aromatic heterocycles. The minimum absolute atomic E-state index is 0.0603. The summed E-state index contributed by atoms with van der Waals surface area (Å²) in [6, 6.07) is 17.7. The van der Waals surface area contributed by atoms with Crippen LogP contribution < -0.4 is 10.9 Å². The lowest BCUT2D eigenvalue weighted by molar-refractivity contribution is 0.0830. The molecule has 2 amide bonds. The molecule has 0 radical (unpaired) electrons. The lowest BCUT2D eigenvalue weighted by atomic mass is 10.1. The lowest BCUT2D eigenvalue weighted by Gasteiger charge is -2.07. The molecule has 4 rings (SSSR count). The van der Waals surface area contributed by atoms with E-state index in [1.807, 2.05) is 36.4 Å². The fourth-order valence-corrected chi connectivity index (χ4v) is 3.07. The maximum atomic E-state index is 12.5. The topological polar surface area (TPSA) is 91.6 Å². The van der Waals surface area contributed by atoms with Crippen LogP contribution in [0.2, 0.25) is 0 Å². The largest absolute Gasteiger partial charge is 0.507 e. The highest BCUT2D eigenvalue weighted by Gasteiger charge is 2.20. The summed E-state index contributed by atoms with van der Waals surface area (Å²) >= 11 is 0. The van der Waals surface area contributed by atoms with Gasteiger partial charge in [0.25, 0.3) is 5.91 Å². The van der Waals surface area contributed by atoms with Crippen molar-refractivity contribution in [1.82, 2.24) is 10.9 Å². The maximum absolute atomic E-state index is 12.5. The van der Waals surface area contributed by atoms with Crippen LogP contribution >= 0.6 is 0 Å². The van der Waals surface area contributed by atoms with Crippen LogP contribution in [-0.4, -0.2) is 16.9 Å². The number of hydrogen-bond donors (Lipinski definition) is 3. The highest BCUT2D eigenvalue weighted by molar-refractivity contribution is 6.09. The van der Waals surface area contributed by atoms with Crippen molar-refractivity contribution < 1.29 is 19.1 Å². The number of furan rings is 1. The molecule has 27 heavy (non-hydrogen) atoms. The van der Waals surface area contributed by atoms with Gasteiger partial charge in [0.1, 0.15) is 11.3 Å². The van der Waals surface area contributed by atoms with Crippen molar-refractivity contribution in [2.45, 2.75) is 6.92 Å². The first kappa shape index (κ1) is 16.7. The molecule has 0 saturated carbocycles. The molecular formula is C21H16N2O4. The molecule has 0 atom stereocenters. The number of para-hydroxylation sites is 1. The Bertz CT molecular complexity index is 1190. The molecule has 0 saturated heterocycles. The van der Waals surface area contributed by atoms with Crippen LogP contribution in [-0.2, 0) is 0 Å². The van der Waals surface area contributed by atoms with Gasteiger partial charge in [0.15, 0.2) is 5.76 Å². The van der Waals surface area contributed by atoms with E-state index in [2.05, 4.69) is 10.9 Å². The van der Waals surface area contributed by atoms with E-state index in [-0.39, 0.29) is 17.1 Å². The minimum atomic E-state index is -0.624. The van der Waals surface area contributed by atoms with Crippen LogP contribution in [0.5, 0.6) is 5.75 Å². The highest BCUT2D eigenvalue weighted by Crippen LogP contribution is 2.31. The Morgan fingerprint density at radius 1 is 0.852 bits per heavy atom. The number of phenols is 1. The molecule has 3 aromatic carbocycles. The third-order valence-corrected chi connectivity index (χ3v) is 4.47. The smallest absolute Gasteiger partial charge is 0.305 e. The van der Waals surface area contributed by atoms with E-state index in [0.717, 1.165) is 16.2 Å². The molecule has 3 N–H and O–H groups in total. The van der Waals surface area contributed by atoms with Crippen molar-refractivity contribution in [2.75, 3.05) is 0 Å². The Morgan fingerprint density at radius 2 is 1.56 bits per heavy atom. The second-order valence-corrected chi connectivity index (χ2v) is 6.14. The molecule has 0 unspecified atom stereocenters. The monoisotopic (exact) mass is 360 g/mol. The third-order valence-electron chi connectivity index (χ3n) is 4.47. The molecule has 6 heteroatoms. The molecule has 134 valence electrons. The summed E-state index contributed by atoms with van der Waals surface area (Å²) in [6.07, 6.45) is 0. The van der Waals surface area contributed by atoms with Gasteiger partial charge in [-0.2, -0.15) is 0 Å². The summed E-state index contributed by atoms with van der Waals surface area (Å²) in [4.78, 5) is 24.6. The number of benzene rings is 3. The number of carbonyl (C=O) groups is 2. The van der Waals surface area contributed by atoms with E-state index < -0.39 is 11.8 Å². The van der Waals surface area contributed by atoms with Gasteiger partial charge < -0.3 is 9.52 Å². The zero-order valence-electron chi connectivity index (χ0n) is 14.4. The number of amides is 2. The maximum Gasteiger partial charge on any atom is 0.305 e. The number of aromatic hydroxyl groups is 1. The van der Waals surface area contributed by atoms with Crippen molar-refractivity contribution in [3.63, 3.8) is 0 Å². The van der Waals surface area contributed by atoms with Gasteiger partial charge in [-0.3, -0.25) is 20.4 Å². The van der Waals surface area contributed by atoms with E-state index in [9.17, 15) is 14.7 Å². The Labute approximate surface area is 154 Å². The van der Waals surface area contributed by atoms with Crippen molar-refractivity contribution in [3.8, 4) is 5.75 Å². The Kier molecular flexibility index (Phi) is 4.01. The van der Waals surface area contributed by atoms with Gasteiger partial charge >= 0.3 is 5.91 Å². The quantitative estimate of drug-likeness (QED) is 0.476. The standard InChI is InChI=1S/C21H16N2O4/c1-12-14-11-10-13-6-2-3-7-15(13)19(14)27-18(12)21(26)23-22-20(25)16-8-4-5-9-17(16)24/h2-11,24H,1H3,(H,22,25)(H,23,26). The Hall–Kier alpha value is -3.80. The van der Waals surface area contributed by atoms with E-state index >= 15 is 0 Å². The Morgan fingerprint density at radius 3 is 2.37 bits per heavy atom. The molecule has 6 nitrogen and oxygen atoms in total. The summed E-state index contributed by atoms with van der Waals surface area (Å²) in [6.45, 7) is 1.79. The van der Waals surface area contributed by atoms with Crippen molar-refractivity contribution in [2.24, 2.45) is 0 Å².